The number of amides is 1. The van der Waals surface area contributed by atoms with Gasteiger partial charge in [0.15, 0.2) is 0 Å². The van der Waals surface area contributed by atoms with Crippen molar-refractivity contribution in [3.63, 3.8) is 0 Å². The molecule has 1 fully saturated rings. The van der Waals surface area contributed by atoms with E-state index in [0.29, 0.717) is 17.4 Å². The van der Waals surface area contributed by atoms with E-state index in [1.54, 1.807) is 6.26 Å². The molecule has 1 aliphatic rings. The topological polar surface area (TPSA) is 46.3 Å². The highest BCUT2D eigenvalue weighted by Gasteiger charge is 2.28. The third kappa shape index (κ3) is 2.85. The molecule has 0 saturated carbocycles. The summed E-state index contributed by atoms with van der Waals surface area (Å²) >= 11 is 5.84. The number of carbonyl (C=O) groups is 1. The minimum atomic E-state index is 0.151. The standard InChI is InChI=1S/C15H15ClN2O2/c16-13-3-1-11(2-4-13)9-15(19)18-7-5-12(10-18)14-6-8-20-17-14/h1-4,6,8,12H,5,7,9-10H2. The predicted octanol–water partition coefficient (Wildman–Crippen LogP) is 2.89. The van der Waals surface area contributed by atoms with E-state index in [1.165, 1.54) is 0 Å². The Balaban J connectivity index is 1.60. The van der Waals surface area contributed by atoms with Crippen molar-refractivity contribution < 1.29 is 9.32 Å². The Labute approximate surface area is 122 Å². The van der Waals surface area contributed by atoms with Gasteiger partial charge in [0.25, 0.3) is 0 Å². The Bertz CT molecular complexity index is 580. The third-order valence-electron chi connectivity index (χ3n) is 3.69. The van der Waals surface area contributed by atoms with E-state index in [2.05, 4.69) is 5.16 Å². The molecule has 5 heteroatoms. The van der Waals surface area contributed by atoms with Gasteiger partial charge in [-0.25, -0.2) is 0 Å². The van der Waals surface area contributed by atoms with Crippen molar-refractivity contribution in [3.05, 3.63) is 52.9 Å². The van der Waals surface area contributed by atoms with Gasteiger partial charge >= 0.3 is 0 Å². The van der Waals surface area contributed by atoms with Crippen LogP contribution in [0.3, 0.4) is 0 Å². The molecule has 104 valence electrons. The van der Waals surface area contributed by atoms with E-state index in [0.717, 1.165) is 30.8 Å². The van der Waals surface area contributed by atoms with Crippen LogP contribution in [0.15, 0.2) is 41.1 Å². The average Bonchev–Trinajstić information content (AvgIpc) is 3.11. The summed E-state index contributed by atoms with van der Waals surface area (Å²) in [5, 5.41) is 4.65. The maximum absolute atomic E-state index is 12.3. The lowest BCUT2D eigenvalue weighted by Crippen LogP contribution is -2.29. The largest absolute Gasteiger partial charge is 0.365 e. The Kier molecular flexibility index (Phi) is 3.74. The zero-order chi connectivity index (χ0) is 13.9. The van der Waals surface area contributed by atoms with E-state index >= 15 is 0 Å². The molecule has 1 aromatic carbocycles. The third-order valence-corrected chi connectivity index (χ3v) is 3.94. The average molecular weight is 291 g/mol. The van der Waals surface area contributed by atoms with Gasteiger partial charge < -0.3 is 9.42 Å². The molecule has 3 rings (SSSR count). The Hall–Kier alpha value is -1.81. The number of hydrogen-bond donors (Lipinski definition) is 0. The molecule has 1 saturated heterocycles. The van der Waals surface area contributed by atoms with Gasteiger partial charge in [0.2, 0.25) is 5.91 Å². The normalized spacial score (nSPS) is 18.4. The quantitative estimate of drug-likeness (QED) is 0.873. The van der Waals surface area contributed by atoms with Gasteiger partial charge in [-0.2, -0.15) is 0 Å². The van der Waals surface area contributed by atoms with E-state index < -0.39 is 0 Å². The van der Waals surface area contributed by atoms with Crippen LogP contribution in [0.25, 0.3) is 0 Å². The smallest absolute Gasteiger partial charge is 0.227 e. The van der Waals surface area contributed by atoms with Crippen molar-refractivity contribution in [3.8, 4) is 0 Å². The summed E-state index contributed by atoms with van der Waals surface area (Å²) in [6, 6.07) is 9.29. The highest BCUT2D eigenvalue weighted by Crippen LogP contribution is 2.26. The number of nitrogens with zero attached hydrogens (tertiary/aromatic N) is 2. The van der Waals surface area contributed by atoms with Crippen LogP contribution in [0, 0.1) is 0 Å². The number of aromatic nitrogens is 1. The zero-order valence-corrected chi connectivity index (χ0v) is 11.7. The molecule has 0 spiro atoms. The minimum Gasteiger partial charge on any atom is -0.365 e. The fourth-order valence-electron chi connectivity index (χ4n) is 2.55. The molecule has 20 heavy (non-hydrogen) atoms. The van der Waals surface area contributed by atoms with E-state index in [9.17, 15) is 4.79 Å². The fraction of sp³-hybridized carbons (Fsp3) is 0.333. The lowest BCUT2D eigenvalue weighted by atomic mass is 10.1. The molecule has 0 radical (unpaired) electrons. The Morgan fingerprint density at radius 2 is 2.15 bits per heavy atom. The maximum atomic E-state index is 12.3. The number of carbonyl (C=O) groups excluding carboxylic acids is 1. The predicted molar refractivity (Wildman–Crippen MR) is 75.6 cm³/mol. The lowest BCUT2D eigenvalue weighted by molar-refractivity contribution is -0.129. The number of likely N-dealkylation sites (tertiary alicyclic amines) is 1. The summed E-state index contributed by atoms with van der Waals surface area (Å²) in [6.45, 7) is 1.50. The maximum Gasteiger partial charge on any atom is 0.227 e. The van der Waals surface area contributed by atoms with E-state index in [1.807, 2.05) is 35.2 Å². The van der Waals surface area contributed by atoms with Crippen LogP contribution in [0.5, 0.6) is 0 Å². The molecular weight excluding hydrogens is 276 g/mol. The second-order valence-corrected chi connectivity index (χ2v) is 5.49. The Morgan fingerprint density at radius 1 is 1.35 bits per heavy atom. The number of benzene rings is 1. The molecule has 1 unspecified atom stereocenters. The molecule has 0 aliphatic carbocycles. The summed E-state index contributed by atoms with van der Waals surface area (Å²) < 4.78 is 4.86. The number of halogens is 1. The van der Waals surface area contributed by atoms with Crippen LogP contribution < -0.4 is 0 Å². The van der Waals surface area contributed by atoms with Gasteiger partial charge in [-0.3, -0.25) is 4.79 Å². The minimum absolute atomic E-state index is 0.151. The van der Waals surface area contributed by atoms with E-state index in [-0.39, 0.29) is 5.91 Å². The SMILES string of the molecule is O=C(Cc1ccc(Cl)cc1)N1CCC(c2ccon2)C1. The van der Waals surface area contributed by atoms with Gasteiger partial charge in [0, 0.05) is 30.1 Å². The molecule has 2 aromatic rings. The second-order valence-electron chi connectivity index (χ2n) is 5.05. The molecule has 1 aliphatic heterocycles. The monoisotopic (exact) mass is 290 g/mol. The molecule has 2 heterocycles. The lowest BCUT2D eigenvalue weighted by Gasteiger charge is -2.16. The highest BCUT2D eigenvalue weighted by atomic mass is 35.5. The zero-order valence-electron chi connectivity index (χ0n) is 11.0. The molecule has 4 nitrogen and oxygen atoms in total. The van der Waals surface area contributed by atoms with Gasteiger partial charge in [-0.05, 0) is 24.1 Å². The number of rotatable bonds is 3. The summed E-state index contributed by atoms with van der Waals surface area (Å²) in [7, 11) is 0. The van der Waals surface area contributed by atoms with Crippen molar-refractivity contribution in [1.29, 1.82) is 0 Å². The molecular formula is C15H15ClN2O2. The summed E-state index contributed by atoms with van der Waals surface area (Å²) in [4.78, 5) is 14.2. The van der Waals surface area contributed by atoms with Gasteiger partial charge in [-0.15, -0.1) is 0 Å². The molecule has 0 bridgehead atoms. The van der Waals surface area contributed by atoms with Gasteiger partial charge in [-0.1, -0.05) is 28.9 Å². The van der Waals surface area contributed by atoms with Crippen LogP contribution in [0.1, 0.15) is 23.6 Å². The summed E-state index contributed by atoms with van der Waals surface area (Å²) in [6.07, 6.45) is 2.94. The summed E-state index contributed by atoms with van der Waals surface area (Å²) in [5.74, 6) is 0.446. The molecule has 1 atom stereocenters. The van der Waals surface area contributed by atoms with Crippen molar-refractivity contribution in [2.75, 3.05) is 13.1 Å². The van der Waals surface area contributed by atoms with Crippen molar-refractivity contribution in [1.82, 2.24) is 10.1 Å². The van der Waals surface area contributed by atoms with Crippen molar-refractivity contribution in [2.24, 2.45) is 0 Å². The van der Waals surface area contributed by atoms with Crippen LogP contribution in [-0.2, 0) is 11.2 Å². The highest BCUT2D eigenvalue weighted by molar-refractivity contribution is 6.30. The number of hydrogen-bond acceptors (Lipinski definition) is 3. The van der Waals surface area contributed by atoms with Crippen LogP contribution >= 0.6 is 11.6 Å². The molecule has 1 aromatic heterocycles. The van der Waals surface area contributed by atoms with Gasteiger partial charge in [0.05, 0.1) is 12.1 Å². The van der Waals surface area contributed by atoms with Crippen LogP contribution in [0.4, 0.5) is 0 Å². The van der Waals surface area contributed by atoms with Crippen molar-refractivity contribution in [2.45, 2.75) is 18.8 Å². The summed E-state index contributed by atoms with van der Waals surface area (Å²) in [5.41, 5.74) is 1.93. The van der Waals surface area contributed by atoms with Crippen LogP contribution in [0.2, 0.25) is 5.02 Å². The first-order chi connectivity index (χ1) is 9.72. The van der Waals surface area contributed by atoms with Crippen molar-refractivity contribution >= 4 is 17.5 Å². The van der Waals surface area contributed by atoms with Gasteiger partial charge in [0.1, 0.15) is 6.26 Å². The van der Waals surface area contributed by atoms with Crippen LogP contribution in [-0.4, -0.2) is 29.1 Å². The fourth-order valence-corrected chi connectivity index (χ4v) is 2.68. The second kappa shape index (κ2) is 5.67. The molecule has 0 N–H and O–H groups in total. The Morgan fingerprint density at radius 3 is 2.85 bits per heavy atom. The first-order valence-electron chi connectivity index (χ1n) is 6.65. The van der Waals surface area contributed by atoms with E-state index in [4.69, 9.17) is 16.1 Å². The first-order valence-corrected chi connectivity index (χ1v) is 7.02. The molecule has 1 amide bonds. The first kappa shape index (κ1) is 13.2.